The Bertz CT molecular complexity index is 1290. The van der Waals surface area contributed by atoms with Gasteiger partial charge in [-0.2, -0.15) is 5.26 Å². The zero-order valence-electron chi connectivity index (χ0n) is 17.0. The molecule has 10 heteroatoms. The first-order chi connectivity index (χ1) is 15.7. The summed E-state index contributed by atoms with van der Waals surface area (Å²) >= 11 is 18.3. The summed E-state index contributed by atoms with van der Waals surface area (Å²) in [6, 6.07) is 13.7. The van der Waals surface area contributed by atoms with Crippen molar-refractivity contribution >= 4 is 46.6 Å². The van der Waals surface area contributed by atoms with E-state index in [1.54, 1.807) is 12.1 Å². The van der Waals surface area contributed by atoms with E-state index >= 15 is 4.39 Å². The minimum absolute atomic E-state index is 0.0157. The fourth-order valence-electron chi connectivity index (χ4n) is 2.84. The summed E-state index contributed by atoms with van der Waals surface area (Å²) in [7, 11) is 1.44. The Morgan fingerprint density at radius 2 is 1.85 bits per heavy atom. The number of nitrogens with one attached hydrogen (secondary N) is 2. The maximum atomic E-state index is 15.1. The number of rotatable bonds is 6. The van der Waals surface area contributed by atoms with Crippen LogP contribution in [0.5, 0.6) is 17.2 Å². The molecular weight excluding hydrogens is 492 g/mol. The number of hydrogen-bond donors (Lipinski definition) is 2. The molecule has 0 unspecified atom stereocenters. The first-order valence-electron chi connectivity index (χ1n) is 9.25. The smallest absolute Gasteiger partial charge is 0.222 e. The first-order valence-corrected chi connectivity index (χ1v) is 10.4. The third-order valence-corrected chi connectivity index (χ3v) is 5.26. The number of nitrogens with zero attached hydrogens (tertiary/aromatic N) is 1. The predicted molar refractivity (Wildman–Crippen MR) is 125 cm³/mol. The number of methoxy groups -OCH3 is 1. The lowest BCUT2D eigenvalue weighted by atomic mass is 10.1. The molecule has 0 bridgehead atoms. The van der Waals surface area contributed by atoms with E-state index in [4.69, 9.17) is 65.1 Å². The third-order valence-electron chi connectivity index (χ3n) is 4.35. The van der Waals surface area contributed by atoms with E-state index in [0.717, 1.165) is 0 Å². The summed E-state index contributed by atoms with van der Waals surface area (Å²) < 4.78 is 31.0. The van der Waals surface area contributed by atoms with Crippen LogP contribution in [0, 0.1) is 28.0 Å². The fourth-order valence-corrected chi connectivity index (χ4v) is 3.54. The van der Waals surface area contributed by atoms with Gasteiger partial charge in [-0.15, -0.1) is 0 Å². The molecule has 3 aromatic rings. The Morgan fingerprint density at radius 1 is 1.09 bits per heavy atom. The molecule has 3 aromatic carbocycles. The highest BCUT2D eigenvalue weighted by Crippen LogP contribution is 2.35. The zero-order chi connectivity index (χ0) is 24.1. The fraction of sp³-hybridized carbons (Fsp3) is 0.0870. The second-order valence-corrected chi connectivity index (χ2v) is 7.81. The molecule has 0 saturated carbocycles. The van der Waals surface area contributed by atoms with Gasteiger partial charge in [-0.05, 0) is 36.4 Å². The Kier molecular flexibility index (Phi) is 7.77. The summed E-state index contributed by atoms with van der Waals surface area (Å²) in [6.07, 6.45) is -0.289. The molecular formula is C23H15Cl3FN3O3. The van der Waals surface area contributed by atoms with Gasteiger partial charge in [-0.3, -0.25) is 10.8 Å². The third kappa shape index (κ3) is 5.74. The van der Waals surface area contributed by atoms with Crippen LogP contribution in [0.4, 0.5) is 4.39 Å². The van der Waals surface area contributed by atoms with Crippen molar-refractivity contribution in [3.63, 3.8) is 0 Å². The number of halogens is 4. The highest BCUT2D eigenvalue weighted by molar-refractivity contribution is 6.35. The van der Waals surface area contributed by atoms with Crippen LogP contribution in [0.15, 0.2) is 48.5 Å². The second kappa shape index (κ2) is 10.5. The molecule has 0 radical (unpaired) electrons. The maximum Gasteiger partial charge on any atom is 0.222 e. The molecule has 6 nitrogen and oxygen atoms in total. The summed E-state index contributed by atoms with van der Waals surface area (Å²) in [5.41, 5.74) is 0.497. The molecule has 168 valence electrons. The Hall–Kier alpha value is -3.31. The van der Waals surface area contributed by atoms with E-state index in [2.05, 4.69) is 0 Å². The molecule has 0 spiro atoms. The molecule has 0 amide bonds. The highest BCUT2D eigenvalue weighted by Gasteiger charge is 2.19. The zero-order valence-corrected chi connectivity index (χ0v) is 19.3. The lowest BCUT2D eigenvalue weighted by Crippen LogP contribution is -2.15. The van der Waals surface area contributed by atoms with Crippen LogP contribution in [0.2, 0.25) is 15.1 Å². The SMILES string of the molecule is COc1cccc(C(=N)OC(=N)Cc2ccc(Cl)c(Oc3cc(Cl)cc(C#N)c3)c2F)c1Cl. The number of benzene rings is 3. The van der Waals surface area contributed by atoms with Gasteiger partial charge in [0.15, 0.2) is 17.5 Å². The minimum Gasteiger partial charge on any atom is -0.495 e. The molecule has 2 N–H and O–H groups in total. The summed E-state index contributed by atoms with van der Waals surface area (Å²) in [5.74, 6) is -1.43. The standard InChI is InChI=1S/C23H15Cl3FN3O3/c1-31-18-4-2-3-16(20(18)26)23(30)33-19(29)9-13-5-6-17(25)22(21(13)27)32-15-8-12(11-28)7-14(24)10-15/h2-8,10,29-30H,9H2,1H3. The average molecular weight is 507 g/mol. The summed E-state index contributed by atoms with van der Waals surface area (Å²) in [6.45, 7) is 0. The van der Waals surface area contributed by atoms with E-state index in [1.807, 2.05) is 6.07 Å². The molecule has 0 fully saturated rings. The normalized spacial score (nSPS) is 10.3. The highest BCUT2D eigenvalue weighted by atomic mass is 35.5. The Morgan fingerprint density at radius 3 is 2.55 bits per heavy atom. The van der Waals surface area contributed by atoms with Crippen LogP contribution in [-0.4, -0.2) is 18.9 Å². The number of hydrogen-bond acceptors (Lipinski definition) is 6. The van der Waals surface area contributed by atoms with Crippen molar-refractivity contribution in [2.24, 2.45) is 0 Å². The van der Waals surface area contributed by atoms with Gasteiger partial charge in [0.1, 0.15) is 11.5 Å². The van der Waals surface area contributed by atoms with Crippen molar-refractivity contribution in [1.82, 2.24) is 0 Å². The van der Waals surface area contributed by atoms with E-state index < -0.39 is 17.6 Å². The quantitative estimate of drug-likeness (QED) is 0.277. The van der Waals surface area contributed by atoms with Crippen LogP contribution in [-0.2, 0) is 11.2 Å². The molecule has 0 atom stereocenters. The van der Waals surface area contributed by atoms with Crippen molar-refractivity contribution < 1.29 is 18.6 Å². The lowest BCUT2D eigenvalue weighted by molar-refractivity contribution is 0.414. The van der Waals surface area contributed by atoms with Crippen LogP contribution in [0.1, 0.15) is 16.7 Å². The molecule has 0 aliphatic rings. The van der Waals surface area contributed by atoms with Crippen molar-refractivity contribution in [2.45, 2.75) is 6.42 Å². The predicted octanol–water partition coefficient (Wildman–Crippen LogP) is 7.02. The van der Waals surface area contributed by atoms with Gasteiger partial charge in [0.25, 0.3) is 0 Å². The topological polar surface area (TPSA) is 99.2 Å². The van der Waals surface area contributed by atoms with E-state index in [1.165, 1.54) is 43.5 Å². The number of ether oxygens (including phenoxy) is 3. The summed E-state index contributed by atoms with van der Waals surface area (Å²) in [5, 5.41) is 25.6. The molecule has 0 aliphatic heterocycles. The molecule has 3 rings (SSSR count). The van der Waals surface area contributed by atoms with E-state index in [0.29, 0.717) is 5.75 Å². The van der Waals surface area contributed by atoms with Gasteiger partial charge in [0.05, 0.1) is 40.8 Å². The van der Waals surface area contributed by atoms with Crippen molar-refractivity contribution in [3.05, 3.63) is 86.1 Å². The average Bonchev–Trinajstić information content (AvgIpc) is 2.78. The van der Waals surface area contributed by atoms with Gasteiger partial charge in [-0.1, -0.05) is 46.9 Å². The van der Waals surface area contributed by atoms with Crippen LogP contribution in [0.3, 0.4) is 0 Å². The Balaban J connectivity index is 1.79. The minimum atomic E-state index is -0.819. The van der Waals surface area contributed by atoms with Gasteiger partial charge >= 0.3 is 0 Å². The molecule has 0 heterocycles. The molecule has 33 heavy (non-hydrogen) atoms. The largest absolute Gasteiger partial charge is 0.495 e. The van der Waals surface area contributed by atoms with E-state index in [-0.39, 0.29) is 49.7 Å². The van der Waals surface area contributed by atoms with Crippen LogP contribution >= 0.6 is 34.8 Å². The monoisotopic (exact) mass is 505 g/mol. The summed E-state index contributed by atoms with van der Waals surface area (Å²) in [4.78, 5) is 0. The number of nitriles is 1. The van der Waals surface area contributed by atoms with Gasteiger partial charge in [-0.25, -0.2) is 4.39 Å². The van der Waals surface area contributed by atoms with Crippen LogP contribution < -0.4 is 9.47 Å². The molecule has 0 saturated heterocycles. The first kappa shape index (κ1) is 24.3. The Labute approximate surface area is 204 Å². The maximum absolute atomic E-state index is 15.1. The van der Waals surface area contributed by atoms with Crippen molar-refractivity contribution in [1.29, 1.82) is 16.1 Å². The van der Waals surface area contributed by atoms with E-state index in [9.17, 15) is 0 Å². The van der Waals surface area contributed by atoms with Gasteiger partial charge < -0.3 is 14.2 Å². The second-order valence-electron chi connectivity index (χ2n) is 6.59. The molecule has 0 aliphatic carbocycles. The van der Waals surface area contributed by atoms with Crippen molar-refractivity contribution in [2.75, 3.05) is 7.11 Å². The van der Waals surface area contributed by atoms with Gasteiger partial charge in [0.2, 0.25) is 5.90 Å². The van der Waals surface area contributed by atoms with Gasteiger partial charge in [0, 0.05) is 10.6 Å². The van der Waals surface area contributed by atoms with Crippen LogP contribution in [0.25, 0.3) is 0 Å². The van der Waals surface area contributed by atoms with Crippen molar-refractivity contribution in [3.8, 4) is 23.3 Å². The lowest BCUT2D eigenvalue weighted by Gasteiger charge is -2.14. The molecule has 0 aromatic heterocycles.